The minimum atomic E-state index is -0.708. The van der Waals surface area contributed by atoms with Crippen molar-refractivity contribution in [1.82, 2.24) is 0 Å². The van der Waals surface area contributed by atoms with Crippen molar-refractivity contribution in [2.45, 2.75) is 25.4 Å². The van der Waals surface area contributed by atoms with E-state index in [1.165, 1.54) is 0 Å². The van der Waals surface area contributed by atoms with E-state index in [1.54, 1.807) is 0 Å². The molecule has 1 aliphatic carbocycles. The fourth-order valence-electron chi connectivity index (χ4n) is 3.87. The molecule has 0 spiro atoms. The molecule has 0 N–H and O–H groups in total. The summed E-state index contributed by atoms with van der Waals surface area (Å²) in [7, 11) is 0. The first-order valence-electron chi connectivity index (χ1n) is 8.40. The molecule has 120 valence electrons. The predicted octanol–water partition coefficient (Wildman–Crippen LogP) is 4.79. The highest BCUT2D eigenvalue weighted by Crippen LogP contribution is 2.56. The summed E-state index contributed by atoms with van der Waals surface area (Å²) in [4.78, 5) is 13.0. The maximum atomic E-state index is 13.0. The summed E-state index contributed by atoms with van der Waals surface area (Å²) in [6.07, 6.45) is 3.77. The summed E-state index contributed by atoms with van der Waals surface area (Å²) in [5.74, 6) is 1.02. The van der Waals surface area contributed by atoms with Crippen LogP contribution in [0, 0.1) is 5.41 Å². The molecule has 2 nitrogen and oxygen atoms in total. The zero-order chi connectivity index (χ0) is 16.6. The van der Waals surface area contributed by atoms with Gasteiger partial charge in [0.25, 0.3) is 0 Å². The molecule has 1 aliphatic heterocycles. The average molecular weight is 316 g/mol. The van der Waals surface area contributed by atoms with Gasteiger partial charge in [0.05, 0.1) is 0 Å². The van der Waals surface area contributed by atoms with Gasteiger partial charge >= 0.3 is 0 Å². The summed E-state index contributed by atoms with van der Waals surface area (Å²) in [5.41, 5.74) is 2.35. The number of hydrogen-bond acceptors (Lipinski definition) is 2. The van der Waals surface area contributed by atoms with Crippen molar-refractivity contribution in [2.24, 2.45) is 5.41 Å². The Kier molecular flexibility index (Phi) is 3.61. The Morgan fingerprint density at radius 3 is 2.42 bits per heavy atom. The second kappa shape index (κ2) is 5.79. The maximum Gasteiger partial charge on any atom is 0.151 e. The van der Waals surface area contributed by atoms with E-state index in [4.69, 9.17) is 4.74 Å². The molecule has 2 atom stereocenters. The highest BCUT2D eigenvalue weighted by atomic mass is 16.5. The Balaban J connectivity index is 1.79. The quantitative estimate of drug-likeness (QED) is 0.761. The molecule has 0 aromatic heterocycles. The lowest BCUT2D eigenvalue weighted by Gasteiger charge is -2.31. The normalized spacial score (nSPS) is 25.8. The third-order valence-electron chi connectivity index (χ3n) is 5.12. The number of Topliss-reactive ketones (excluding diaryl/α,β-unsaturated/α-hetero) is 1. The van der Waals surface area contributed by atoms with Crippen molar-refractivity contribution >= 4 is 5.78 Å². The van der Waals surface area contributed by atoms with Crippen LogP contribution in [0.4, 0.5) is 0 Å². The molecular weight excluding hydrogens is 296 g/mol. The maximum absolute atomic E-state index is 13.0. The molecule has 0 saturated carbocycles. The monoisotopic (exact) mass is 316 g/mol. The molecule has 1 heterocycles. The van der Waals surface area contributed by atoms with E-state index in [0.29, 0.717) is 12.8 Å². The zero-order valence-electron chi connectivity index (χ0n) is 13.6. The average Bonchev–Trinajstić information content (AvgIpc) is 2.91. The number of carbonyl (C=O) groups is 1. The predicted molar refractivity (Wildman–Crippen MR) is 94.3 cm³/mol. The van der Waals surface area contributed by atoms with Crippen molar-refractivity contribution in [3.05, 3.63) is 95.8 Å². The second-order valence-electron chi connectivity index (χ2n) is 6.53. The molecule has 0 radical (unpaired) electrons. The smallest absolute Gasteiger partial charge is 0.151 e. The third-order valence-corrected chi connectivity index (χ3v) is 5.12. The summed E-state index contributed by atoms with van der Waals surface area (Å²) in [5, 5.41) is 0. The van der Waals surface area contributed by atoms with Crippen LogP contribution in [0.5, 0.6) is 0 Å². The van der Waals surface area contributed by atoms with E-state index in [-0.39, 0.29) is 11.9 Å². The van der Waals surface area contributed by atoms with Crippen LogP contribution in [-0.2, 0) is 16.0 Å². The van der Waals surface area contributed by atoms with Gasteiger partial charge in [0.2, 0.25) is 0 Å². The number of ketones is 1. The van der Waals surface area contributed by atoms with Crippen LogP contribution < -0.4 is 0 Å². The third kappa shape index (κ3) is 2.22. The number of hydrogen-bond donors (Lipinski definition) is 0. The van der Waals surface area contributed by atoms with Gasteiger partial charge in [-0.1, -0.05) is 67.2 Å². The Morgan fingerprint density at radius 2 is 1.71 bits per heavy atom. The number of fused-ring (bicyclic) bond motifs is 1. The van der Waals surface area contributed by atoms with Crippen LogP contribution in [0.2, 0.25) is 0 Å². The van der Waals surface area contributed by atoms with E-state index >= 15 is 0 Å². The van der Waals surface area contributed by atoms with Crippen LogP contribution in [0.1, 0.15) is 30.1 Å². The van der Waals surface area contributed by atoms with Crippen LogP contribution >= 0.6 is 0 Å². The van der Waals surface area contributed by atoms with Gasteiger partial charge in [-0.15, -0.1) is 0 Å². The first-order chi connectivity index (χ1) is 11.7. The molecule has 0 unspecified atom stereocenters. The lowest BCUT2D eigenvalue weighted by molar-refractivity contribution is -0.126. The van der Waals surface area contributed by atoms with E-state index in [0.717, 1.165) is 28.9 Å². The molecule has 0 bridgehead atoms. The zero-order valence-corrected chi connectivity index (χ0v) is 13.6. The first kappa shape index (κ1) is 14.9. The number of carbonyl (C=O) groups excluding carboxylic acids is 1. The molecule has 0 amide bonds. The summed E-state index contributed by atoms with van der Waals surface area (Å²) in [6, 6.07) is 20.2. The highest BCUT2D eigenvalue weighted by Gasteiger charge is 2.55. The van der Waals surface area contributed by atoms with Gasteiger partial charge in [-0.05, 0) is 35.6 Å². The first-order valence-corrected chi connectivity index (χ1v) is 8.40. The largest absolute Gasteiger partial charge is 0.485 e. The van der Waals surface area contributed by atoms with E-state index in [2.05, 4.69) is 24.8 Å². The molecule has 2 aromatic rings. The molecule has 1 fully saturated rings. The Labute approximate surface area is 142 Å². The van der Waals surface area contributed by atoms with Gasteiger partial charge in [-0.3, -0.25) is 4.79 Å². The van der Waals surface area contributed by atoms with E-state index < -0.39 is 5.41 Å². The molecule has 2 aliphatic rings. The molecular formula is C22H20O2. The van der Waals surface area contributed by atoms with Gasteiger partial charge < -0.3 is 4.74 Å². The molecule has 24 heavy (non-hydrogen) atoms. The molecule has 4 rings (SSSR count). The van der Waals surface area contributed by atoms with Gasteiger partial charge in [0.1, 0.15) is 17.3 Å². The lowest BCUT2D eigenvalue weighted by atomic mass is 9.67. The number of rotatable bonds is 3. The number of allylic oxidation sites excluding steroid dienone is 2. The molecule has 2 aromatic carbocycles. The minimum Gasteiger partial charge on any atom is -0.485 e. The van der Waals surface area contributed by atoms with Crippen LogP contribution in [-0.4, -0.2) is 5.78 Å². The molecule has 1 saturated heterocycles. The van der Waals surface area contributed by atoms with Crippen LogP contribution in [0.3, 0.4) is 0 Å². The van der Waals surface area contributed by atoms with Gasteiger partial charge in [-0.25, -0.2) is 0 Å². The number of benzene rings is 2. The molecule has 2 heteroatoms. The Morgan fingerprint density at radius 1 is 1.04 bits per heavy atom. The lowest BCUT2D eigenvalue weighted by Crippen LogP contribution is -2.36. The number of ether oxygens (including phenoxy) is 1. The topological polar surface area (TPSA) is 26.3 Å². The van der Waals surface area contributed by atoms with Crippen molar-refractivity contribution < 1.29 is 9.53 Å². The summed E-state index contributed by atoms with van der Waals surface area (Å²) < 4.78 is 6.25. The van der Waals surface area contributed by atoms with Gasteiger partial charge in [0.15, 0.2) is 5.78 Å². The van der Waals surface area contributed by atoms with Crippen molar-refractivity contribution in [2.75, 3.05) is 0 Å². The van der Waals surface area contributed by atoms with Crippen LogP contribution in [0.15, 0.2) is 84.7 Å². The fourth-order valence-corrected chi connectivity index (χ4v) is 3.87. The van der Waals surface area contributed by atoms with Crippen LogP contribution in [0.25, 0.3) is 0 Å². The Hall–Kier alpha value is -2.61. The second-order valence-corrected chi connectivity index (χ2v) is 6.53. The van der Waals surface area contributed by atoms with Gasteiger partial charge in [-0.2, -0.15) is 0 Å². The van der Waals surface area contributed by atoms with Crippen molar-refractivity contribution in [3.8, 4) is 0 Å². The van der Waals surface area contributed by atoms with Crippen molar-refractivity contribution in [1.29, 1.82) is 0 Å². The SMILES string of the molecule is C=C1[C@@H](c2ccccc2)OC2=CCCC(=O)[C@@]12Cc1ccccc1. The minimum absolute atomic E-state index is 0.229. The summed E-state index contributed by atoms with van der Waals surface area (Å²) >= 11 is 0. The fraction of sp³-hybridized carbons (Fsp3) is 0.227. The Bertz CT molecular complexity index is 804. The standard InChI is InChI=1S/C22H20O2/c1-16-21(18-11-6-3-7-12-18)24-20-14-8-13-19(23)22(16,20)15-17-9-4-2-5-10-17/h2-7,9-12,14,21H,1,8,13,15H2/t21-,22+/m0/s1. The van der Waals surface area contributed by atoms with Gasteiger partial charge in [0, 0.05) is 6.42 Å². The van der Waals surface area contributed by atoms with Crippen molar-refractivity contribution in [3.63, 3.8) is 0 Å². The van der Waals surface area contributed by atoms with E-state index in [9.17, 15) is 4.79 Å². The van der Waals surface area contributed by atoms with E-state index in [1.807, 2.05) is 48.5 Å². The highest BCUT2D eigenvalue weighted by molar-refractivity contribution is 5.93. The summed E-state index contributed by atoms with van der Waals surface area (Å²) in [6.45, 7) is 4.33.